The van der Waals surface area contributed by atoms with Crippen molar-refractivity contribution < 1.29 is 14.3 Å². The maximum absolute atomic E-state index is 13.0. The van der Waals surface area contributed by atoms with Crippen LogP contribution in [0.4, 0.5) is 5.69 Å². The number of ether oxygens (including phenoxy) is 1. The second-order valence-electron chi connectivity index (χ2n) is 6.65. The first-order chi connectivity index (χ1) is 12.7. The van der Waals surface area contributed by atoms with E-state index in [1.165, 1.54) is 16.6 Å². The van der Waals surface area contributed by atoms with E-state index in [1.807, 2.05) is 17.0 Å². The number of para-hydroxylation sites is 1. The molecule has 0 unspecified atom stereocenters. The fraction of sp³-hybridized carbons (Fsp3) is 0.200. The molecule has 0 fully saturated rings. The minimum absolute atomic E-state index is 0.00968. The highest BCUT2D eigenvalue weighted by Crippen LogP contribution is 2.31. The topological polar surface area (TPSA) is 74.4 Å². The summed E-state index contributed by atoms with van der Waals surface area (Å²) in [5.41, 5.74) is 4.62. The number of aromatic nitrogens is 1. The van der Waals surface area contributed by atoms with Gasteiger partial charge in [0.2, 0.25) is 0 Å². The molecule has 3 heterocycles. The summed E-state index contributed by atoms with van der Waals surface area (Å²) >= 11 is 0. The van der Waals surface area contributed by atoms with Gasteiger partial charge in [-0.3, -0.25) is 9.59 Å². The van der Waals surface area contributed by atoms with Gasteiger partial charge < -0.3 is 19.9 Å². The Morgan fingerprint density at radius 1 is 1.15 bits per heavy atom. The van der Waals surface area contributed by atoms with Gasteiger partial charge in [0.15, 0.2) is 6.61 Å². The lowest BCUT2D eigenvalue weighted by atomic mass is 10.0. The molecule has 130 valence electrons. The summed E-state index contributed by atoms with van der Waals surface area (Å²) in [6.07, 6.45) is 0.806. The number of fused-ring (bicyclic) bond motifs is 4. The zero-order valence-electron chi connectivity index (χ0n) is 14.0. The first-order valence-corrected chi connectivity index (χ1v) is 8.63. The van der Waals surface area contributed by atoms with Gasteiger partial charge in [-0.1, -0.05) is 18.2 Å². The molecule has 0 spiro atoms. The monoisotopic (exact) mass is 347 g/mol. The maximum Gasteiger partial charge on any atom is 0.262 e. The average Bonchev–Trinajstić information content (AvgIpc) is 3.04. The Kier molecular flexibility index (Phi) is 3.25. The zero-order valence-corrected chi connectivity index (χ0v) is 14.0. The Morgan fingerprint density at radius 3 is 2.96 bits per heavy atom. The summed E-state index contributed by atoms with van der Waals surface area (Å²) in [7, 11) is 0. The molecular weight excluding hydrogens is 330 g/mol. The predicted octanol–water partition coefficient (Wildman–Crippen LogP) is 2.70. The third-order valence-corrected chi connectivity index (χ3v) is 5.03. The number of H-pyrrole nitrogens is 1. The van der Waals surface area contributed by atoms with E-state index in [1.54, 1.807) is 18.2 Å². The van der Waals surface area contributed by atoms with Crippen molar-refractivity contribution in [3.05, 3.63) is 59.3 Å². The summed E-state index contributed by atoms with van der Waals surface area (Å²) in [6.45, 7) is 1.26. The molecule has 26 heavy (non-hydrogen) atoms. The second kappa shape index (κ2) is 5.62. The second-order valence-corrected chi connectivity index (χ2v) is 6.65. The molecule has 2 aromatic carbocycles. The van der Waals surface area contributed by atoms with E-state index in [9.17, 15) is 9.59 Å². The molecule has 0 saturated heterocycles. The molecule has 2 N–H and O–H groups in total. The summed E-state index contributed by atoms with van der Waals surface area (Å²) in [5, 5.41) is 3.93. The predicted molar refractivity (Wildman–Crippen MR) is 97.3 cm³/mol. The largest absolute Gasteiger partial charge is 0.482 e. The van der Waals surface area contributed by atoms with E-state index < -0.39 is 0 Å². The van der Waals surface area contributed by atoms with E-state index in [-0.39, 0.29) is 18.4 Å². The van der Waals surface area contributed by atoms with Crippen molar-refractivity contribution in [3.8, 4) is 5.75 Å². The number of carbonyl (C=O) groups is 2. The Labute approximate surface area is 149 Å². The van der Waals surface area contributed by atoms with E-state index in [4.69, 9.17) is 4.74 Å². The highest BCUT2D eigenvalue weighted by Gasteiger charge is 2.26. The fourth-order valence-electron chi connectivity index (χ4n) is 3.74. The van der Waals surface area contributed by atoms with Crippen LogP contribution < -0.4 is 10.1 Å². The molecule has 0 aliphatic carbocycles. The Morgan fingerprint density at radius 2 is 2.04 bits per heavy atom. The molecule has 3 aromatic rings. The van der Waals surface area contributed by atoms with E-state index >= 15 is 0 Å². The SMILES string of the molecule is O=C1COc2ccc(C(=O)N3CCc4[nH]c5ccccc5c4C3)cc2N1. The van der Waals surface area contributed by atoms with Crippen molar-refractivity contribution in [3.63, 3.8) is 0 Å². The highest BCUT2D eigenvalue weighted by atomic mass is 16.5. The van der Waals surface area contributed by atoms with Gasteiger partial charge in [-0.25, -0.2) is 0 Å². The average molecular weight is 347 g/mol. The molecule has 2 aliphatic rings. The normalized spacial score (nSPS) is 15.8. The standard InChI is InChI=1S/C20H17N3O3/c24-19-11-26-18-6-5-12(9-17(18)22-19)20(25)23-8-7-16-14(10-23)13-3-1-2-4-15(13)21-16/h1-6,9,21H,7-8,10-11H2,(H,22,24). The number of benzene rings is 2. The number of nitrogens with zero attached hydrogens (tertiary/aromatic N) is 1. The van der Waals surface area contributed by atoms with Crippen LogP contribution in [0.15, 0.2) is 42.5 Å². The Hall–Kier alpha value is -3.28. The van der Waals surface area contributed by atoms with Gasteiger partial charge in [0.25, 0.3) is 11.8 Å². The quantitative estimate of drug-likeness (QED) is 0.711. The summed E-state index contributed by atoms with van der Waals surface area (Å²) in [5.74, 6) is 0.353. The van der Waals surface area contributed by atoms with Crippen LogP contribution in [0.2, 0.25) is 0 Å². The Bertz CT molecular complexity index is 1050. The van der Waals surface area contributed by atoms with Crippen molar-refractivity contribution in [1.29, 1.82) is 0 Å². The lowest BCUT2D eigenvalue weighted by Crippen LogP contribution is -2.36. The lowest BCUT2D eigenvalue weighted by molar-refractivity contribution is -0.118. The van der Waals surface area contributed by atoms with Gasteiger partial charge in [0.1, 0.15) is 5.75 Å². The van der Waals surface area contributed by atoms with Crippen LogP contribution in [0.3, 0.4) is 0 Å². The maximum atomic E-state index is 13.0. The number of aromatic amines is 1. The highest BCUT2D eigenvalue weighted by molar-refractivity contribution is 6.00. The first kappa shape index (κ1) is 15.0. The minimum atomic E-state index is -0.205. The molecule has 6 heteroatoms. The molecule has 2 amide bonds. The number of hydrogen-bond donors (Lipinski definition) is 2. The molecule has 1 aromatic heterocycles. The van der Waals surface area contributed by atoms with Crippen LogP contribution >= 0.6 is 0 Å². The summed E-state index contributed by atoms with van der Waals surface area (Å²) in [4.78, 5) is 29.8. The third kappa shape index (κ3) is 2.34. The molecule has 0 bridgehead atoms. The lowest BCUT2D eigenvalue weighted by Gasteiger charge is -2.28. The van der Waals surface area contributed by atoms with Crippen LogP contribution in [-0.2, 0) is 17.8 Å². The number of nitrogens with one attached hydrogen (secondary N) is 2. The van der Waals surface area contributed by atoms with Gasteiger partial charge >= 0.3 is 0 Å². The van der Waals surface area contributed by atoms with Gasteiger partial charge in [-0.15, -0.1) is 0 Å². The summed E-state index contributed by atoms with van der Waals surface area (Å²) in [6, 6.07) is 13.4. The number of amides is 2. The minimum Gasteiger partial charge on any atom is -0.482 e. The summed E-state index contributed by atoms with van der Waals surface area (Å²) < 4.78 is 5.36. The molecule has 6 nitrogen and oxygen atoms in total. The number of rotatable bonds is 1. The van der Waals surface area contributed by atoms with Gasteiger partial charge in [-0.2, -0.15) is 0 Å². The van der Waals surface area contributed by atoms with Gasteiger partial charge in [0.05, 0.1) is 5.69 Å². The van der Waals surface area contributed by atoms with Gasteiger partial charge in [0, 0.05) is 47.2 Å². The van der Waals surface area contributed by atoms with Crippen LogP contribution in [0.1, 0.15) is 21.6 Å². The van der Waals surface area contributed by atoms with E-state index in [0.717, 1.165) is 11.9 Å². The van der Waals surface area contributed by atoms with Crippen molar-refractivity contribution >= 4 is 28.4 Å². The molecule has 2 aliphatic heterocycles. The fourth-order valence-corrected chi connectivity index (χ4v) is 3.74. The van der Waals surface area contributed by atoms with Crippen molar-refractivity contribution in [2.24, 2.45) is 0 Å². The van der Waals surface area contributed by atoms with E-state index in [2.05, 4.69) is 22.4 Å². The van der Waals surface area contributed by atoms with Crippen molar-refractivity contribution in [2.45, 2.75) is 13.0 Å². The number of anilines is 1. The smallest absolute Gasteiger partial charge is 0.262 e. The van der Waals surface area contributed by atoms with Gasteiger partial charge in [-0.05, 0) is 24.3 Å². The molecule has 5 rings (SSSR count). The van der Waals surface area contributed by atoms with Crippen LogP contribution in [0.5, 0.6) is 5.75 Å². The molecule has 0 saturated carbocycles. The van der Waals surface area contributed by atoms with E-state index in [0.29, 0.717) is 30.1 Å². The van der Waals surface area contributed by atoms with Crippen LogP contribution in [0, 0.1) is 0 Å². The van der Waals surface area contributed by atoms with Crippen LogP contribution in [-0.4, -0.2) is 34.8 Å². The van der Waals surface area contributed by atoms with Crippen LogP contribution in [0.25, 0.3) is 10.9 Å². The Balaban J connectivity index is 1.45. The first-order valence-electron chi connectivity index (χ1n) is 8.63. The molecule has 0 atom stereocenters. The third-order valence-electron chi connectivity index (χ3n) is 5.03. The number of carbonyl (C=O) groups excluding carboxylic acids is 2. The van der Waals surface area contributed by atoms with Crippen molar-refractivity contribution in [2.75, 3.05) is 18.5 Å². The molecule has 0 radical (unpaired) electrons. The molecular formula is C20H17N3O3. The zero-order chi connectivity index (χ0) is 17.7. The van der Waals surface area contributed by atoms with Crippen molar-refractivity contribution in [1.82, 2.24) is 9.88 Å². The number of hydrogen-bond acceptors (Lipinski definition) is 3.